The van der Waals surface area contributed by atoms with E-state index in [1.165, 1.54) is 12.1 Å². The Balaban J connectivity index is 2.48. The fourth-order valence-corrected chi connectivity index (χ4v) is 1.76. The van der Waals surface area contributed by atoms with Crippen LogP contribution in [0.4, 0.5) is 13.2 Å². The number of fused-ring (bicyclic) bond motifs is 1. The molecule has 0 fully saturated rings. The molecule has 0 spiro atoms. The summed E-state index contributed by atoms with van der Waals surface area (Å²) in [5.74, 6) is 0. The van der Waals surface area contributed by atoms with E-state index in [-0.39, 0.29) is 0 Å². The molecule has 80 valence electrons. The van der Waals surface area contributed by atoms with E-state index in [2.05, 4.69) is 4.99 Å². The van der Waals surface area contributed by atoms with Crippen LogP contribution in [0, 0.1) is 0 Å². The summed E-state index contributed by atoms with van der Waals surface area (Å²) >= 11 is 0. The molecule has 0 radical (unpaired) electrons. The quantitative estimate of drug-likeness (QED) is 0.628. The van der Waals surface area contributed by atoms with Crippen molar-refractivity contribution in [1.29, 1.82) is 0 Å². The molecule has 0 saturated carbocycles. The lowest BCUT2D eigenvalue weighted by Gasteiger charge is -2.16. The van der Waals surface area contributed by atoms with Gasteiger partial charge in [-0.25, -0.2) is 0 Å². The summed E-state index contributed by atoms with van der Waals surface area (Å²) in [7, 11) is 0. The molecule has 1 aromatic carbocycles. The summed E-state index contributed by atoms with van der Waals surface area (Å²) in [6, 6.07) is 3.85. The molecule has 0 amide bonds. The number of nitrogens with zero attached hydrogens (tertiary/aromatic N) is 1. The van der Waals surface area contributed by atoms with Crippen molar-refractivity contribution in [2.24, 2.45) is 4.99 Å². The van der Waals surface area contributed by atoms with Gasteiger partial charge < -0.3 is 0 Å². The monoisotopic (exact) mass is 213 g/mol. The van der Waals surface area contributed by atoms with Gasteiger partial charge in [-0.2, -0.15) is 13.2 Å². The lowest BCUT2D eigenvalue weighted by molar-refractivity contribution is -0.137. The lowest BCUT2D eigenvalue weighted by atomic mass is 9.96. The molecular weight excluding hydrogens is 203 g/mol. The smallest absolute Gasteiger partial charge is 0.289 e. The highest BCUT2D eigenvalue weighted by Gasteiger charge is 2.31. The Morgan fingerprint density at radius 2 is 2.00 bits per heavy atom. The van der Waals surface area contributed by atoms with Gasteiger partial charge in [0.25, 0.3) is 0 Å². The van der Waals surface area contributed by atoms with Gasteiger partial charge in [0.2, 0.25) is 0 Å². The third kappa shape index (κ3) is 1.89. The Labute approximate surface area is 85.6 Å². The van der Waals surface area contributed by atoms with Crippen molar-refractivity contribution in [3.63, 3.8) is 0 Å². The van der Waals surface area contributed by atoms with E-state index in [0.29, 0.717) is 13.0 Å². The van der Waals surface area contributed by atoms with E-state index < -0.39 is 11.7 Å². The van der Waals surface area contributed by atoms with E-state index in [1.54, 1.807) is 0 Å². The van der Waals surface area contributed by atoms with Crippen molar-refractivity contribution < 1.29 is 13.2 Å². The molecule has 1 aromatic rings. The van der Waals surface area contributed by atoms with Gasteiger partial charge in [0.15, 0.2) is 0 Å². The second-order valence-corrected chi connectivity index (χ2v) is 3.59. The van der Waals surface area contributed by atoms with Gasteiger partial charge in [-0.1, -0.05) is 6.07 Å². The predicted molar refractivity (Wildman–Crippen MR) is 52.2 cm³/mol. The number of hydrogen-bond donors (Lipinski definition) is 0. The van der Waals surface area contributed by atoms with Crippen LogP contribution in [0.3, 0.4) is 0 Å². The van der Waals surface area contributed by atoms with Crippen LogP contribution in [0.5, 0.6) is 0 Å². The van der Waals surface area contributed by atoms with Crippen LogP contribution in [0.2, 0.25) is 0 Å². The number of aliphatic imine (C=N–C) groups is 1. The van der Waals surface area contributed by atoms with Crippen molar-refractivity contribution in [3.8, 4) is 0 Å². The van der Waals surface area contributed by atoms with Crippen molar-refractivity contribution in [2.45, 2.75) is 19.5 Å². The molecule has 1 aliphatic rings. The zero-order chi connectivity index (χ0) is 11.1. The maximum absolute atomic E-state index is 12.4. The zero-order valence-electron chi connectivity index (χ0n) is 8.23. The minimum absolute atomic E-state index is 0.573. The molecule has 0 aliphatic carbocycles. The first kappa shape index (κ1) is 10.2. The third-order valence-electron chi connectivity index (χ3n) is 2.55. The van der Waals surface area contributed by atoms with E-state index in [4.69, 9.17) is 0 Å². The standard InChI is InChI=1S/C11H10F3N/c1-7-10-3-2-9(11(12,13)14)6-8(10)4-5-15-7/h2-3,6H,4-5H2,1H3. The minimum atomic E-state index is -4.25. The van der Waals surface area contributed by atoms with Crippen LogP contribution in [0.25, 0.3) is 0 Å². The first-order valence-corrected chi connectivity index (χ1v) is 4.70. The van der Waals surface area contributed by atoms with Crippen molar-refractivity contribution in [1.82, 2.24) is 0 Å². The van der Waals surface area contributed by atoms with Gasteiger partial charge in [0.05, 0.1) is 5.56 Å². The van der Waals surface area contributed by atoms with E-state index in [1.807, 2.05) is 6.92 Å². The normalized spacial score (nSPS) is 15.9. The van der Waals surface area contributed by atoms with Crippen LogP contribution in [-0.2, 0) is 12.6 Å². The molecule has 1 heterocycles. The zero-order valence-corrected chi connectivity index (χ0v) is 8.23. The van der Waals surface area contributed by atoms with Gasteiger partial charge in [-0.3, -0.25) is 4.99 Å². The second kappa shape index (κ2) is 3.36. The molecule has 0 saturated heterocycles. The van der Waals surface area contributed by atoms with Gasteiger partial charge in [0.1, 0.15) is 0 Å². The summed E-state index contributed by atoms with van der Waals surface area (Å²) in [5.41, 5.74) is 1.84. The summed E-state index contributed by atoms with van der Waals surface area (Å²) in [6.07, 6.45) is -3.66. The number of rotatable bonds is 0. The Morgan fingerprint density at radius 1 is 1.27 bits per heavy atom. The molecule has 1 nitrogen and oxygen atoms in total. The van der Waals surface area contributed by atoms with Crippen molar-refractivity contribution in [3.05, 3.63) is 34.9 Å². The van der Waals surface area contributed by atoms with Gasteiger partial charge in [-0.15, -0.1) is 0 Å². The molecule has 2 rings (SSSR count). The fraction of sp³-hybridized carbons (Fsp3) is 0.364. The topological polar surface area (TPSA) is 12.4 Å². The molecule has 0 aromatic heterocycles. The highest BCUT2D eigenvalue weighted by atomic mass is 19.4. The second-order valence-electron chi connectivity index (χ2n) is 3.59. The van der Waals surface area contributed by atoms with Gasteiger partial charge in [0, 0.05) is 12.3 Å². The number of benzene rings is 1. The molecular formula is C11H10F3N. The third-order valence-corrected chi connectivity index (χ3v) is 2.55. The van der Waals surface area contributed by atoms with Crippen LogP contribution >= 0.6 is 0 Å². The van der Waals surface area contributed by atoms with E-state index in [9.17, 15) is 13.2 Å². The summed E-state index contributed by atoms with van der Waals surface area (Å²) in [6.45, 7) is 2.41. The van der Waals surface area contributed by atoms with E-state index >= 15 is 0 Å². The maximum Gasteiger partial charge on any atom is 0.416 e. The molecule has 1 aliphatic heterocycles. The molecule has 0 bridgehead atoms. The fourth-order valence-electron chi connectivity index (χ4n) is 1.76. The Kier molecular flexibility index (Phi) is 2.29. The Morgan fingerprint density at radius 3 is 2.67 bits per heavy atom. The summed E-state index contributed by atoms with van der Waals surface area (Å²) in [4.78, 5) is 4.20. The minimum Gasteiger partial charge on any atom is -0.289 e. The number of hydrogen-bond acceptors (Lipinski definition) is 1. The molecule has 15 heavy (non-hydrogen) atoms. The van der Waals surface area contributed by atoms with Gasteiger partial charge in [-0.05, 0) is 36.6 Å². The molecule has 0 N–H and O–H groups in total. The largest absolute Gasteiger partial charge is 0.416 e. The number of halogens is 3. The predicted octanol–water partition coefficient (Wildman–Crippen LogP) is 3.07. The highest BCUT2D eigenvalue weighted by molar-refractivity contribution is 6.00. The summed E-state index contributed by atoms with van der Waals surface area (Å²) in [5, 5.41) is 0. The molecule has 0 unspecified atom stereocenters. The van der Waals surface area contributed by atoms with Crippen LogP contribution in [0.1, 0.15) is 23.6 Å². The first-order valence-electron chi connectivity index (χ1n) is 4.70. The summed E-state index contributed by atoms with van der Waals surface area (Å²) < 4.78 is 37.3. The van der Waals surface area contributed by atoms with Gasteiger partial charge >= 0.3 is 6.18 Å². The van der Waals surface area contributed by atoms with Crippen molar-refractivity contribution >= 4 is 5.71 Å². The van der Waals surface area contributed by atoms with E-state index in [0.717, 1.165) is 22.9 Å². The van der Waals surface area contributed by atoms with Crippen LogP contribution in [-0.4, -0.2) is 12.3 Å². The van der Waals surface area contributed by atoms with Crippen LogP contribution < -0.4 is 0 Å². The average molecular weight is 213 g/mol. The molecule has 0 atom stereocenters. The lowest BCUT2D eigenvalue weighted by Crippen LogP contribution is -2.13. The average Bonchev–Trinajstić information content (AvgIpc) is 2.16. The Hall–Kier alpha value is -1.32. The Bertz CT molecular complexity index is 418. The maximum atomic E-state index is 12.4. The van der Waals surface area contributed by atoms with Crippen LogP contribution in [0.15, 0.2) is 23.2 Å². The SMILES string of the molecule is CC1=NCCc2cc(C(F)(F)F)ccc21. The van der Waals surface area contributed by atoms with Crippen molar-refractivity contribution in [2.75, 3.05) is 6.54 Å². The first-order chi connectivity index (χ1) is 6.98. The highest BCUT2D eigenvalue weighted by Crippen LogP contribution is 2.31. The molecule has 4 heteroatoms. The number of alkyl halides is 3.